The molecule has 0 aliphatic carbocycles. The van der Waals surface area contributed by atoms with Gasteiger partial charge in [0.15, 0.2) is 0 Å². The Balaban J connectivity index is 4.18. The largest absolute Gasteiger partial charge is 0.392 e. The van der Waals surface area contributed by atoms with E-state index in [2.05, 4.69) is 5.32 Å². The third-order valence-electron chi connectivity index (χ3n) is 1.87. The summed E-state index contributed by atoms with van der Waals surface area (Å²) in [4.78, 5) is 11.1. The molecule has 0 spiro atoms. The number of carbonyl (C=O) groups excluding carboxylic acids is 1. The second kappa shape index (κ2) is 3.69. The Kier molecular flexibility index (Phi) is 3.48. The molecule has 3 N–H and O–H groups in total. The van der Waals surface area contributed by atoms with Gasteiger partial charge in [0.2, 0.25) is 5.91 Å². The van der Waals surface area contributed by atoms with Crippen LogP contribution in [0, 0.1) is 5.41 Å². The average Bonchev–Trinajstić information content (AvgIpc) is 1.88. The second-order valence-electron chi connectivity index (χ2n) is 3.06. The lowest BCUT2D eigenvalue weighted by Gasteiger charge is -2.25. The monoisotopic (exact) mass is 161 g/mol. The Bertz CT molecular complexity index is 143. The first-order chi connectivity index (χ1) is 4.92. The average molecular weight is 161 g/mol. The van der Waals surface area contributed by atoms with E-state index in [1.807, 2.05) is 0 Å². The number of nitrogens with one attached hydrogen (secondary N) is 1. The number of carbonyl (C=O) groups is 1. The quantitative estimate of drug-likeness (QED) is 0.487. The van der Waals surface area contributed by atoms with Crippen molar-refractivity contribution in [2.24, 2.45) is 5.41 Å². The van der Waals surface area contributed by atoms with Crippen molar-refractivity contribution >= 4 is 5.91 Å². The molecule has 11 heavy (non-hydrogen) atoms. The zero-order valence-electron chi connectivity index (χ0n) is 7.09. The van der Waals surface area contributed by atoms with Crippen molar-refractivity contribution in [1.82, 2.24) is 5.32 Å². The van der Waals surface area contributed by atoms with Crippen LogP contribution < -0.4 is 5.32 Å². The number of hydrogen-bond acceptors (Lipinski definition) is 3. The van der Waals surface area contributed by atoms with Gasteiger partial charge in [0, 0.05) is 0 Å². The molecular formula is C7H15NO3. The molecule has 0 rings (SSSR count). The normalized spacial score (nSPS) is 14.3. The molecule has 0 aromatic heterocycles. The molecule has 4 heteroatoms. The van der Waals surface area contributed by atoms with Crippen LogP contribution in [0.1, 0.15) is 20.8 Å². The van der Waals surface area contributed by atoms with Crippen LogP contribution in [0.15, 0.2) is 0 Å². The number of aliphatic hydroxyl groups excluding tert-OH is 2. The van der Waals surface area contributed by atoms with E-state index in [0.717, 1.165) is 0 Å². The zero-order valence-corrected chi connectivity index (χ0v) is 7.09. The van der Waals surface area contributed by atoms with Gasteiger partial charge < -0.3 is 15.5 Å². The van der Waals surface area contributed by atoms with Crippen LogP contribution in [0.5, 0.6) is 0 Å². The van der Waals surface area contributed by atoms with Gasteiger partial charge in [-0.2, -0.15) is 0 Å². The van der Waals surface area contributed by atoms with Gasteiger partial charge in [-0.25, -0.2) is 0 Å². The van der Waals surface area contributed by atoms with Crippen molar-refractivity contribution < 1.29 is 15.0 Å². The Morgan fingerprint density at radius 2 is 2.09 bits per heavy atom. The number of amides is 1. The van der Waals surface area contributed by atoms with Crippen LogP contribution in [0.2, 0.25) is 0 Å². The maximum atomic E-state index is 11.1. The number of aliphatic hydroxyl groups is 2. The molecule has 0 radical (unpaired) electrons. The van der Waals surface area contributed by atoms with Crippen molar-refractivity contribution in [2.75, 3.05) is 6.73 Å². The maximum absolute atomic E-state index is 11.1. The first kappa shape index (κ1) is 10.4. The van der Waals surface area contributed by atoms with Crippen molar-refractivity contribution in [3.63, 3.8) is 0 Å². The fourth-order valence-electron chi connectivity index (χ4n) is 0.489. The summed E-state index contributed by atoms with van der Waals surface area (Å²) < 4.78 is 0. The van der Waals surface area contributed by atoms with E-state index < -0.39 is 18.2 Å². The molecule has 1 amide bonds. The smallest absolute Gasteiger partial charge is 0.230 e. The summed E-state index contributed by atoms with van der Waals surface area (Å²) in [6.07, 6.45) is -0.728. The molecule has 1 unspecified atom stereocenters. The Morgan fingerprint density at radius 3 is 2.36 bits per heavy atom. The Morgan fingerprint density at radius 1 is 1.64 bits per heavy atom. The molecule has 0 aliphatic heterocycles. The predicted molar refractivity (Wildman–Crippen MR) is 40.7 cm³/mol. The molecule has 0 bridgehead atoms. The Hall–Kier alpha value is -0.610. The molecule has 0 fully saturated rings. The topological polar surface area (TPSA) is 69.6 Å². The van der Waals surface area contributed by atoms with E-state index in [0.29, 0.717) is 0 Å². The fraction of sp³-hybridized carbons (Fsp3) is 0.857. The van der Waals surface area contributed by atoms with Gasteiger partial charge in [0.05, 0.1) is 11.5 Å². The molecule has 66 valence electrons. The lowest BCUT2D eigenvalue weighted by molar-refractivity contribution is -0.135. The van der Waals surface area contributed by atoms with Crippen LogP contribution in [0.25, 0.3) is 0 Å². The summed E-state index contributed by atoms with van der Waals surface area (Å²) in [5.74, 6) is -0.352. The summed E-state index contributed by atoms with van der Waals surface area (Å²) in [5.41, 5.74) is -0.845. The lowest BCUT2D eigenvalue weighted by Crippen LogP contribution is -2.43. The van der Waals surface area contributed by atoms with Gasteiger partial charge in [-0.1, -0.05) is 0 Å². The van der Waals surface area contributed by atoms with E-state index in [-0.39, 0.29) is 5.91 Å². The molecule has 0 aromatic carbocycles. The van der Waals surface area contributed by atoms with E-state index in [9.17, 15) is 4.79 Å². The van der Waals surface area contributed by atoms with Gasteiger partial charge >= 0.3 is 0 Å². The number of hydrogen-bond donors (Lipinski definition) is 3. The summed E-state index contributed by atoms with van der Waals surface area (Å²) in [6, 6.07) is 0. The van der Waals surface area contributed by atoms with Crippen LogP contribution in [-0.2, 0) is 4.79 Å². The van der Waals surface area contributed by atoms with Gasteiger partial charge in [-0.3, -0.25) is 4.79 Å². The van der Waals surface area contributed by atoms with Gasteiger partial charge in [-0.15, -0.1) is 0 Å². The molecule has 0 saturated heterocycles. The van der Waals surface area contributed by atoms with E-state index in [1.165, 1.54) is 6.92 Å². The standard InChI is InChI=1S/C7H15NO3/c1-5(10)7(2,3)6(11)8-4-9/h5,9-10H,4H2,1-3H3,(H,8,11). The van der Waals surface area contributed by atoms with Gasteiger partial charge in [-0.05, 0) is 20.8 Å². The third kappa shape index (κ3) is 2.48. The summed E-state index contributed by atoms with van der Waals surface area (Å²) in [5, 5.41) is 19.7. The highest BCUT2D eigenvalue weighted by molar-refractivity contribution is 5.82. The van der Waals surface area contributed by atoms with Crippen LogP contribution in [0.3, 0.4) is 0 Å². The Labute approximate surface area is 66.2 Å². The van der Waals surface area contributed by atoms with Crippen molar-refractivity contribution in [3.8, 4) is 0 Å². The second-order valence-corrected chi connectivity index (χ2v) is 3.06. The van der Waals surface area contributed by atoms with Gasteiger partial charge in [0.25, 0.3) is 0 Å². The number of rotatable bonds is 3. The first-order valence-corrected chi connectivity index (χ1v) is 3.50. The molecule has 0 aromatic rings. The summed E-state index contributed by atoms with van der Waals surface area (Å²) >= 11 is 0. The fourth-order valence-corrected chi connectivity index (χ4v) is 0.489. The van der Waals surface area contributed by atoms with Crippen molar-refractivity contribution in [1.29, 1.82) is 0 Å². The first-order valence-electron chi connectivity index (χ1n) is 3.50. The molecule has 4 nitrogen and oxygen atoms in total. The summed E-state index contributed by atoms with van der Waals surface area (Å²) in [6.45, 7) is 4.37. The predicted octanol–water partition coefficient (Wildman–Crippen LogP) is -0.541. The third-order valence-corrected chi connectivity index (χ3v) is 1.87. The van der Waals surface area contributed by atoms with Crippen LogP contribution >= 0.6 is 0 Å². The molecule has 0 saturated carbocycles. The van der Waals surface area contributed by atoms with Crippen LogP contribution in [-0.4, -0.2) is 29.0 Å². The highest BCUT2D eigenvalue weighted by Crippen LogP contribution is 2.19. The zero-order chi connectivity index (χ0) is 9.07. The highest BCUT2D eigenvalue weighted by atomic mass is 16.3. The minimum atomic E-state index is -0.845. The minimum absolute atomic E-state index is 0.352. The lowest BCUT2D eigenvalue weighted by atomic mass is 9.86. The molecule has 0 aliphatic rings. The van der Waals surface area contributed by atoms with E-state index >= 15 is 0 Å². The van der Waals surface area contributed by atoms with Crippen molar-refractivity contribution in [3.05, 3.63) is 0 Å². The summed E-state index contributed by atoms with van der Waals surface area (Å²) in [7, 11) is 0. The maximum Gasteiger partial charge on any atom is 0.230 e. The van der Waals surface area contributed by atoms with E-state index in [4.69, 9.17) is 10.2 Å². The molecule has 0 heterocycles. The van der Waals surface area contributed by atoms with Crippen LogP contribution in [0.4, 0.5) is 0 Å². The van der Waals surface area contributed by atoms with Crippen molar-refractivity contribution in [2.45, 2.75) is 26.9 Å². The van der Waals surface area contributed by atoms with E-state index in [1.54, 1.807) is 13.8 Å². The highest BCUT2D eigenvalue weighted by Gasteiger charge is 2.32. The molecule has 1 atom stereocenters. The molecular weight excluding hydrogens is 146 g/mol. The SMILES string of the molecule is CC(O)C(C)(C)C(=O)NCO. The minimum Gasteiger partial charge on any atom is -0.392 e. The van der Waals surface area contributed by atoms with Gasteiger partial charge in [0.1, 0.15) is 6.73 Å².